The van der Waals surface area contributed by atoms with Gasteiger partial charge in [-0.25, -0.2) is 0 Å². The molecule has 1 fully saturated rings. The highest BCUT2D eigenvalue weighted by molar-refractivity contribution is 5.83. The molecule has 8 nitrogen and oxygen atoms in total. The van der Waals surface area contributed by atoms with E-state index in [1.807, 2.05) is 72.5 Å². The van der Waals surface area contributed by atoms with Crippen molar-refractivity contribution in [2.24, 2.45) is 11.7 Å². The van der Waals surface area contributed by atoms with E-state index in [1.165, 1.54) is 0 Å². The largest absolute Gasteiger partial charge is 0.494 e. The van der Waals surface area contributed by atoms with Gasteiger partial charge in [0.15, 0.2) is 11.5 Å². The number of benzene rings is 3. The van der Waals surface area contributed by atoms with Crippen LogP contribution in [0.1, 0.15) is 73.0 Å². The Morgan fingerprint density at radius 3 is 2.24 bits per heavy atom. The molecule has 1 saturated heterocycles. The van der Waals surface area contributed by atoms with Crippen molar-refractivity contribution in [3.05, 3.63) is 88.5 Å². The number of carboxylic acids is 1. The second kappa shape index (κ2) is 12.2. The number of nitrogens with zero attached hydrogens (tertiary/aromatic N) is 1. The van der Waals surface area contributed by atoms with Gasteiger partial charge in [-0.05, 0) is 71.3 Å². The van der Waals surface area contributed by atoms with E-state index in [2.05, 4.69) is 13.8 Å². The molecule has 0 radical (unpaired) electrons. The van der Waals surface area contributed by atoms with Crippen LogP contribution in [0.15, 0.2) is 60.7 Å². The molecule has 2 aliphatic heterocycles. The van der Waals surface area contributed by atoms with Gasteiger partial charge < -0.3 is 25.1 Å². The summed E-state index contributed by atoms with van der Waals surface area (Å²) in [5.74, 6) is -0.764. The van der Waals surface area contributed by atoms with Crippen molar-refractivity contribution in [1.29, 1.82) is 0 Å². The molecule has 41 heavy (non-hydrogen) atoms. The first kappa shape index (κ1) is 28.5. The molecule has 2 aliphatic rings. The van der Waals surface area contributed by atoms with Crippen molar-refractivity contribution in [2.75, 3.05) is 19.9 Å². The van der Waals surface area contributed by atoms with Gasteiger partial charge >= 0.3 is 5.97 Å². The summed E-state index contributed by atoms with van der Waals surface area (Å²) < 4.78 is 16.9. The third-order valence-electron chi connectivity index (χ3n) is 8.27. The van der Waals surface area contributed by atoms with E-state index in [9.17, 15) is 14.7 Å². The molecule has 0 aliphatic carbocycles. The molecular weight excluding hydrogens is 520 g/mol. The number of fused-ring (bicyclic) bond motifs is 1. The Balaban J connectivity index is 1.66. The van der Waals surface area contributed by atoms with Gasteiger partial charge in [0.2, 0.25) is 12.7 Å². The molecule has 0 aromatic heterocycles. The minimum Gasteiger partial charge on any atom is -0.494 e. The van der Waals surface area contributed by atoms with E-state index in [-0.39, 0.29) is 6.79 Å². The first-order chi connectivity index (χ1) is 19.9. The van der Waals surface area contributed by atoms with Crippen LogP contribution in [0.3, 0.4) is 0 Å². The summed E-state index contributed by atoms with van der Waals surface area (Å²) in [6.45, 7) is 7.20. The molecular formula is C33H38N2O6. The maximum Gasteiger partial charge on any atom is 0.309 e. The summed E-state index contributed by atoms with van der Waals surface area (Å²) >= 11 is 0. The number of carbonyl (C=O) groups excluding carboxylic acids is 1. The summed E-state index contributed by atoms with van der Waals surface area (Å²) in [6.07, 6.45) is 2.33. The summed E-state index contributed by atoms with van der Waals surface area (Å²) in [4.78, 5) is 28.5. The highest BCUT2D eigenvalue weighted by atomic mass is 16.7. The molecule has 3 aromatic rings. The third kappa shape index (κ3) is 5.48. The molecule has 0 saturated carbocycles. The average molecular weight is 559 g/mol. The molecule has 0 bridgehead atoms. The lowest BCUT2D eigenvalue weighted by Gasteiger charge is -2.35. The number of rotatable bonds is 11. The number of primary amides is 1. The molecule has 5 rings (SSSR count). The zero-order valence-electron chi connectivity index (χ0n) is 23.8. The lowest BCUT2D eigenvalue weighted by Crippen LogP contribution is -2.40. The van der Waals surface area contributed by atoms with E-state index in [4.69, 9.17) is 19.9 Å². The number of aryl methyl sites for hydroxylation is 2. The van der Waals surface area contributed by atoms with Crippen molar-refractivity contribution in [1.82, 2.24) is 4.90 Å². The smallest absolute Gasteiger partial charge is 0.309 e. The number of carbonyl (C=O) groups is 2. The van der Waals surface area contributed by atoms with E-state index < -0.39 is 35.8 Å². The Bertz CT molecular complexity index is 1380. The molecule has 8 heteroatoms. The van der Waals surface area contributed by atoms with E-state index in [0.29, 0.717) is 24.7 Å². The highest BCUT2D eigenvalue weighted by Crippen LogP contribution is 2.51. The van der Waals surface area contributed by atoms with Crippen LogP contribution < -0.4 is 19.9 Å². The fraction of sp³-hybridized carbons (Fsp3) is 0.394. The first-order valence-electron chi connectivity index (χ1n) is 14.4. The fourth-order valence-corrected chi connectivity index (χ4v) is 6.40. The number of ether oxygens (including phenoxy) is 3. The normalized spacial score (nSPS) is 20.6. The molecule has 3 aromatic carbocycles. The van der Waals surface area contributed by atoms with Crippen LogP contribution in [0.5, 0.6) is 17.2 Å². The van der Waals surface area contributed by atoms with Crippen LogP contribution in [0.2, 0.25) is 0 Å². The summed E-state index contributed by atoms with van der Waals surface area (Å²) in [5, 5.41) is 10.7. The van der Waals surface area contributed by atoms with Crippen molar-refractivity contribution < 1.29 is 28.9 Å². The molecule has 2 heterocycles. The lowest BCUT2D eigenvalue weighted by atomic mass is 9.82. The second-order valence-electron chi connectivity index (χ2n) is 10.6. The number of likely N-dealkylation sites (tertiary alicyclic amines) is 1. The van der Waals surface area contributed by atoms with Crippen molar-refractivity contribution in [2.45, 2.75) is 58.0 Å². The van der Waals surface area contributed by atoms with E-state index in [1.54, 1.807) is 0 Å². The second-order valence-corrected chi connectivity index (χ2v) is 10.6. The molecule has 216 valence electrons. The summed E-state index contributed by atoms with van der Waals surface area (Å²) in [7, 11) is 0. The van der Waals surface area contributed by atoms with Crippen LogP contribution in [0.25, 0.3) is 0 Å². The van der Waals surface area contributed by atoms with E-state index >= 15 is 0 Å². The van der Waals surface area contributed by atoms with E-state index in [0.717, 1.165) is 52.8 Å². The Morgan fingerprint density at radius 2 is 1.63 bits per heavy atom. The minimum absolute atomic E-state index is 0.129. The van der Waals surface area contributed by atoms with Gasteiger partial charge in [-0.15, -0.1) is 0 Å². The SMILES string of the molecule is CCCOc1ccc([C@H]2[C@H](C(=O)O)[C@@H](c3ccc4c(c3)OCO4)CN2C(C(N)=O)c2c(CC)cccc2CC)cc1. The highest BCUT2D eigenvalue weighted by Gasteiger charge is 2.51. The van der Waals surface area contributed by atoms with Gasteiger partial charge in [-0.2, -0.15) is 0 Å². The van der Waals surface area contributed by atoms with Crippen LogP contribution in [0.4, 0.5) is 0 Å². The monoisotopic (exact) mass is 558 g/mol. The Labute approximate surface area is 241 Å². The number of hydrogen-bond donors (Lipinski definition) is 2. The van der Waals surface area contributed by atoms with Crippen LogP contribution >= 0.6 is 0 Å². The number of nitrogens with two attached hydrogens (primary N) is 1. The number of carboxylic acid groups (broad SMARTS) is 1. The zero-order chi connectivity index (χ0) is 29.1. The maximum atomic E-state index is 13.4. The molecule has 3 N–H and O–H groups in total. The maximum absolute atomic E-state index is 13.4. The molecule has 0 spiro atoms. The van der Waals surface area contributed by atoms with Gasteiger partial charge in [0.25, 0.3) is 0 Å². The van der Waals surface area contributed by atoms with Crippen LogP contribution in [-0.2, 0) is 22.4 Å². The van der Waals surface area contributed by atoms with Crippen molar-refractivity contribution in [3.63, 3.8) is 0 Å². The van der Waals surface area contributed by atoms with Crippen LogP contribution in [0, 0.1) is 5.92 Å². The van der Waals surface area contributed by atoms with Crippen molar-refractivity contribution in [3.8, 4) is 17.2 Å². The summed E-state index contributed by atoms with van der Waals surface area (Å²) in [6, 6.07) is 17.8. The topological polar surface area (TPSA) is 111 Å². The molecule has 1 unspecified atom stereocenters. The average Bonchev–Trinajstić information content (AvgIpc) is 3.61. The molecule has 1 amide bonds. The predicted molar refractivity (Wildman–Crippen MR) is 155 cm³/mol. The predicted octanol–water partition coefficient (Wildman–Crippen LogP) is 5.40. The fourth-order valence-electron chi connectivity index (χ4n) is 6.40. The van der Waals surface area contributed by atoms with Crippen molar-refractivity contribution >= 4 is 11.9 Å². The Hall–Kier alpha value is -4.04. The number of amides is 1. The Kier molecular flexibility index (Phi) is 8.49. The Morgan fingerprint density at radius 1 is 0.976 bits per heavy atom. The summed E-state index contributed by atoms with van der Waals surface area (Å²) in [5.41, 5.74) is 10.8. The minimum atomic E-state index is -0.936. The van der Waals surface area contributed by atoms with Gasteiger partial charge in [-0.1, -0.05) is 57.2 Å². The van der Waals surface area contributed by atoms with Gasteiger partial charge in [0.05, 0.1) is 12.5 Å². The number of hydrogen-bond acceptors (Lipinski definition) is 6. The van der Waals surface area contributed by atoms with Gasteiger partial charge in [0.1, 0.15) is 11.8 Å². The van der Waals surface area contributed by atoms with Crippen LogP contribution in [-0.4, -0.2) is 41.8 Å². The zero-order valence-corrected chi connectivity index (χ0v) is 23.8. The lowest BCUT2D eigenvalue weighted by molar-refractivity contribution is -0.143. The van der Waals surface area contributed by atoms with Gasteiger partial charge in [0, 0.05) is 18.5 Å². The first-order valence-corrected chi connectivity index (χ1v) is 14.4. The standard InChI is InChI=1S/C33H38N2O6/c1-4-16-39-24-13-10-22(11-14-24)30-29(33(37)38)25(23-12-15-26-27(17-23)41-19-40-26)18-35(30)31(32(34)36)28-20(5-2)8-7-9-21(28)6-3/h7-15,17,25,29-31H,4-6,16,18-19H2,1-3H3,(H2,34,36)(H,37,38)/t25-,29-,30+,31?/m1/s1. The molecule has 4 atom stereocenters. The van der Waals surface area contributed by atoms with Gasteiger partial charge in [-0.3, -0.25) is 14.5 Å². The third-order valence-corrected chi connectivity index (χ3v) is 8.27. The number of aliphatic carboxylic acids is 1. The quantitative estimate of drug-likeness (QED) is 0.324.